The Bertz CT molecular complexity index is 1310. The highest BCUT2D eigenvalue weighted by atomic mass is 32.2. The van der Waals surface area contributed by atoms with Crippen molar-refractivity contribution < 1.29 is 17.9 Å². The van der Waals surface area contributed by atoms with E-state index in [1.165, 1.54) is 31.6 Å². The molecule has 0 spiro atoms. The first kappa shape index (κ1) is 20.8. The zero-order valence-electron chi connectivity index (χ0n) is 16.8. The Kier molecular flexibility index (Phi) is 5.88. The fourth-order valence-corrected chi connectivity index (χ4v) is 5.03. The second kappa shape index (κ2) is 8.75. The van der Waals surface area contributed by atoms with E-state index in [0.29, 0.717) is 11.4 Å². The summed E-state index contributed by atoms with van der Waals surface area (Å²) in [6.45, 7) is 0. The van der Waals surface area contributed by atoms with Crippen LogP contribution in [0.2, 0.25) is 0 Å². The lowest BCUT2D eigenvalue weighted by Gasteiger charge is -2.13. The number of ether oxygens (including phenoxy) is 2. The van der Waals surface area contributed by atoms with E-state index in [4.69, 9.17) is 9.47 Å². The fraction of sp³-hybridized carbons (Fsp3) is 0.0909. The number of nitrogens with zero attached hydrogens (tertiary/aromatic N) is 2. The molecule has 0 aliphatic rings. The number of hydrogen-bond acceptors (Lipinski definition) is 7. The van der Waals surface area contributed by atoms with Gasteiger partial charge >= 0.3 is 0 Å². The summed E-state index contributed by atoms with van der Waals surface area (Å²) in [5, 5.41) is 2.77. The lowest BCUT2D eigenvalue weighted by atomic mass is 10.1. The molecule has 0 fully saturated rings. The molecule has 0 saturated carbocycles. The number of sulfonamides is 1. The van der Waals surface area contributed by atoms with Crippen LogP contribution in [0.25, 0.3) is 21.8 Å². The highest BCUT2D eigenvalue weighted by Crippen LogP contribution is 2.32. The van der Waals surface area contributed by atoms with Crippen molar-refractivity contribution in [1.29, 1.82) is 0 Å². The van der Waals surface area contributed by atoms with Gasteiger partial charge in [0, 0.05) is 40.7 Å². The smallest absolute Gasteiger partial charge is 0.265 e. The zero-order valence-corrected chi connectivity index (χ0v) is 18.4. The number of nitrogens with one attached hydrogen (secondary N) is 1. The summed E-state index contributed by atoms with van der Waals surface area (Å²) in [4.78, 5) is 8.78. The number of anilines is 1. The standard InChI is InChI=1S/C22H19N3O4S2/c1-28-18-8-9-20(29-2)21(12-18)31(26,27)25-17-7-3-5-15(11-17)19-14-30-22(24-19)16-6-4-10-23-13-16/h3-14,25H,1-2H3. The summed E-state index contributed by atoms with van der Waals surface area (Å²) in [7, 11) is -1.01. The van der Waals surface area contributed by atoms with Crippen LogP contribution in [0.4, 0.5) is 5.69 Å². The van der Waals surface area contributed by atoms with Gasteiger partial charge in [-0.2, -0.15) is 0 Å². The van der Waals surface area contributed by atoms with Crippen LogP contribution in [0.15, 0.2) is 77.3 Å². The third-order valence-electron chi connectivity index (χ3n) is 4.48. The maximum Gasteiger partial charge on any atom is 0.265 e. The number of pyridine rings is 1. The zero-order chi connectivity index (χ0) is 21.8. The Morgan fingerprint density at radius 3 is 2.55 bits per heavy atom. The molecule has 0 radical (unpaired) electrons. The van der Waals surface area contributed by atoms with E-state index < -0.39 is 10.0 Å². The Hall–Kier alpha value is -3.43. The van der Waals surface area contributed by atoms with Gasteiger partial charge in [0.15, 0.2) is 0 Å². The first-order chi connectivity index (χ1) is 15.0. The normalized spacial score (nSPS) is 11.2. The predicted octanol–water partition coefficient (Wildman–Crippen LogP) is 4.69. The molecule has 0 aliphatic carbocycles. The number of rotatable bonds is 7. The third-order valence-corrected chi connectivity index (χ3v) is 6.78. The lowest BCUT2D eigenvalue weighted by molar-refractivity contribution is 0.392. The maximum absolute atomic E-state index is 13.0. The van der Waals surface area contributed by atoms with Crippen LogP contribution in [0, 0.1) is 0 Å². The van der Waals surface area contributed by atoms with E-state index in [0.717, 1.165) is 21.8 Å². The Morgan fingerprint density at radius 1 is 0.968 bits per heavy atom. The van der Waals surface area contributed by atoms with Crippen LogP contribution < -0.4 is 14.2 Å². The maximum atomic E-state index is 13.0. The second-order valence-corrected chi connectivity index (χ2v) is 8.99. The molecule has 0 atom stereocenters. The molecular formula is C22H19N3O4S2. The summed E-state index contributed by atoms with van der Waals surface area (Å²) < 4.78 is 39.0. The molecule has 0 saturated heterocycles. The number of aromatic nitrogens is 2. The van der Waals surface area contributed by atoms with Gasteiger partial charge in [-0.1, -0.05) is 12.1 Å². The van der Waals surface area contributed by atoms with Crippen LogP contribution in [0.1, 0.15) is 0 Å². The van der Waals surface area contributed by atoms with Crippen molar-refractivity contribution in [2.45, 2.75) is 4.90 Å². The van der Waals surface area contributed by atoms with E-state index in [-0.39, 0.29) is 10.6 Å². The molecule has 7 nitrogen and oxygen atoms in total. The molecular weight excluding hydrogens is 434 g/mol. The van der Waals surface area contributed by atoms with Crippen molar-refractivity contribution in [3.63, 3.8) is 0 Å². The molecule has 0 unspecified atom stereocenters. The quantitative estimate of drug-likeness (QED) is 0.437. The van der Waals surface area contributed by atoms with Gasteiger partial charge in [-0.3, -0.25) is 9.71 Å². The number of thiazole rings is 1. The average Bonchev–Trinajstić information content (AvgIpc) is 3.29. The minimum absolute atomic E-state index is 0.00715. The molecule has 2 aromatic carbocycles. The van der Waals surface area contributed by atoms with Crippen molar-refractivity contribution >= 4 is 27.0 Å². The highest BCUT2D eigenvalue weighted by Gasteiger charge is 2.21. The minimum atomic E-state index is -3.91. The third kappa shape index (κ3) is 4.52. The van der Waals surface area contributed by atoms with E-state index >= 15 is 0 Å². The van der Waals surface area contributed by atoms with Gasteiger partial charge in [0.1, 0.15) is 21.4 Å². The molecule has 9 heteroatoms. The monoisotopic (exact) mass is 453 g/mol. The van der Waals surface area contributed by atoms with Gasteiger partial charge in [0.2, 0.25) is 0 Å². The van der Waals surface area contributed by atoms with Crippen LogP contribution in [-0.4, -0.2) is 32.6 Å². The molecule has 2 aromatic heterocycles. The van der Waals surface area contributed by atoms with Gasteiger partial charge in [-0.05, 0) is 36.4 Å². The highest BCUT2D eigenvalue weighted by molar-refractivity contribution is 7.92. The SMILES string of the molecule is COc1ccc(OC)c(S(=O)(=O)Nc2cccc(-c3csc(-c4cccnc4)n3)c2)c1. The molecule has 2 heterocycles. The fourth-order valence-electron chi connectivity index (χ4n) is 2.97. The van der Waals surface area contributed by atoms with Crippen molar-refractivity contribution in [3.8, 4) is 33.3 Å². The van der Waals surface area contributed by atoms with Crippen LogP contribution in [0.3, 0.4) is 0 Å². The lowest BCUT2D eigenvalue weighted by Crippen LogP contribution is -2.14. The van der Waals surface area contributed by atoms with E-state index in [1.54, 1.807) is 42.7 Å². The Balaban J connectivity index is 1.63. The van der Waals surface area contributed by atoms with E-state index in [9.17, 15) is 8.42 Å². The molecule has 31 heavy (non-hydrogen) atoms. The predicted molar refractivity (Wildman–Crippen MR) is 121 cm³/mol. The molecule has 0 aliphatic heterocycles. The molecule has 4 aromatic rings. The first-order valence-corrected chi connectivity index (χ1v) is 11.6. The summed E-state index contributed by atoms with van der Waals surface area (Å²) in [5.41, 5.74) is 2.90. The summed E-state index contributed by atoms with van der Waals surface area (Å²) in [6.07, 6.45) is 3.47. The van der Waals surface area contributed by atoms with Crippen molar-refractivity contribution in [1.82, 2.24) is 9.97 Å². The summed E-state index contributed by atoms with van der Waals surface area (Å²) >= 11 is 1.50. The van der Waals surface area contributed by atoms with Gasteiger partial charge in [0.25, 0.3) is 10.0 Å². The topological polar surface area (TPSA) is 90.4 Å². The minimum Gasteiger partial charge on any atom is -0.497 e. The van der Waals surface area contributed by atoms with Gasteiger partial charge in [-0.15, -0.1) is 11.3 Å². The van der Waals surface area contributed by atoms with Gasteiger partial charge in [0.05, 0.1) is 19.9 Å². The Labute approximate surface area is 184 Å². The number of hydrogen-bond donors (Lipinski definition) is 1. The molecule has 1 N–H and O–H groups in total. The van der Waals surface area contributed by atoms with Crippen LogP contribution in [0.5, 0.6) is 11.5 Å². The number of methoxy groups -OCH3 is 2. The summed E-state index contributed by atoms with van der Waals surface area (Å²) in [6, 6.07) is 15.5. The first-order valence-electron chi connectivity index (χ1n) is 9.21. The van der Waals surface area contributed by atoms with Crippen LogP contribution in [-0.2, 0) is 10.0 Å². The molecule has 158 valence electrons. The van der Waals surface area contributed by atoms with Gasteiger partial charge in [-0.25, -0.2) is 13.4 Å². The second-order valence-electron chi connectivity index (χ2n) is 6.48. The van der Waals surface area contributed by atoms with E-state index in [1.807, 2.05) is 23.6 Å². The van der Waals surface area contributed by atoms with Crippen molar-refractivity contribution in [3.05, 3.63) is 72.4 Å². The Morgan fingerprint density at radius 2 is 1.81 bits per heavy atom. The summed E-state index contributed by atoms with van der Waals surface area (Å²) in [5.74, 6) is 0.644. The number of benzene rings is 2. The molecule has 4 rings (SSSR count). The van der Waals surface area contributed by atoms with Crippen molar-refractivity contribution in [2.24, 2.45) is 0 Å². The molecule has 0 bridgehead atoms. The largest absolute Gasteiger partial charge is 0.497 e. The van der Waals surface area contributed by atoms with Crippen molar-refractivity contribution in [2.75, 3.05) is 18.9 Å². The van der Waals surface area contributed by atoms with Gasteiger partial charge < -0.3 is 9.47 Å². The van der Waals surface area contributed by atoms with E-state index in [2.05, 4.69) is 14.7 Å². The van der Waals surface area contributed by atoms with Crippen LogP contribution >= 0.6 is 11.3 Å². The average molecular weight is 454 g/mol. The molecule has 0 amide bonds.